The molecular weight excluding hydrogens is 372 g/mol. The molecule has 0 aliphatic carbocycles. The van der Waals surface area contributed by atoms with E-state index >= 15 is 0 Å². The van der Waals surface area contributed by atoms with Crippen molar-refractivity contribution in [3.63, 3.8) is 0 Å². The SMILES string of the molecule is C#Cc1cccc(C(=O)N(CC)CC2CCCN(CCc3cccc(OC)c3)C2)c1. The van der Waals surface area contributed by atoms with Gasteiger partial charge in [0.15, 0.2) is 0 Å². The van der Waals surface area contributed by atoms with Crippen molar-refractivity contribution in [2.45, 2.75) is 26.2 Å². The van der Waals surface area contributed by atoms with E-state index in [2.05, 4.69) is 23.0 Å². The number of likely N-dealkylation sites (tertiary alicyclic amines) is 1. The lowest BCUT2D eigenvalue weighted by Gasteiger charge is -2.35. The third kappa shape index (κ3) is 5.87. The topological polar surface area (TPSA) is 32.8 Å². The Bertz CT molecular complexity index is 887. The van der Waals surface area contributed by atoms with Crippen LogP contribution in [-0.2, 0) is 6.42 Å². The van der Waals surface area contributed by atoms with Gasteiger partial charge in [0.05, 0.1) is 7.11 Å². The summed E-state index contributed by atoms with van der Waals surface area (Å²) in [7, 11) is 1.71. The summed E-state index contributed by atoms with van der Waals surface area (Å²) in [5.74, 6) is 4.10. The van der Waals surface area contributed by atoms with Gasteiger partial charge in [0.1, 0.15) is 5.75 Å². The Labute approximate surface area is 180 Å². The first-order valence-corrected chi connectivity index (χ1v) is 10.8. The number of nitrogens with zero attached hydrogens (tertiary/aromatic N) is 2. The van der Waals surface area contributed by atoms with Crippen molar-refractivity contribution in [1.29, 1.82) is 0 Å². The van der Waals surface area contributed by atoms with E-state index in [-0.39, 0.29) is 5.91 Å². The van der Waals surface area contributed by atoms with Gasteiger partial charge >= 0.3 is 0 Å². The Hall–Kier alpha value is -2.77. The summed E-state index contributed by atoms with van der Waals surface area (Å²) in [5, 5.41) is 0. The average Bonchev–Trinajstić information content (AvgIpc) is 2.81. The molecule has 0 aromatic heterocycles. The largest absolute Gasteiger partial charge is 0.497 e. The highest BCUT2D eigenvalue weighted by Crippen LogP contribution is 2.20. The number of hydrogen-bond acceptors (Lipinski definition) is 3. The molecular formula is C26H32N2O2. The van der Waals surface area contributed by atoms with Crippen LogP contribution in [0, 0.1) is 18.3 Å². The van der Waals surface area contributed by atoms with Gasteiger partial charge < -0.3 is 14.5 Å². The number of methoxy groups -OCH3 is 1. The molecule has 4 nitrogen and oxygen atoms in total. The van der Waals surface area contributed by atoms with Crippen LogP contribution in [0.15, 0.2) is 48.5 Å². The number of carbonyl (C=O) groups excluding carboxylic acids is 1. The molecule has 0 N–H and O–H groups in total. The normalized spacial score (nSPS) is 16.6. The summed E-state index contributed by atoms with van der Waals surface area (Å²) in [5.41, 5.74) is 2.73. The molecule has 3 rings (SSSR count). The average molecular weight is 405 g/mol. The summed E-state index contributed by atoms with van der Waals surface area (Å²) < 4.78 is 5.33. The van der Waals surface area contributed by atoms with E-state index in [1.807, 2.05) is 48.2 Å². The number of piperidine rings is 1. The molecule has 2 aromatic rings. The molecule has 1 saturated heterocycles. The molecule has 1 aliphatic rings. The molecule has 1 fully saturated rings. The van der Waals surface area contributed by atoms with Crippen LogP contribution in [0.3, 0.4) is 0 Å². The van der Waals surface area contributed by atoms with Gasteiger partial charge in [-0.15, -0.1) is 6.42 Å². The highest BCUT2D eigenvalue weighted by Gasteiger charge is 2.24. The monoisotopic (exact) mass is 404 g/mol. The Morgan fingerprint density at radius 1 is 1.27 bits per heavy atom. The molecule has 0 bridgehead atoms. The van der Waals surface area contributed by atoms with Crippen molar-refractivity contribution in [2.75, 3.05) is 39.8 Å². The molecule has 1 heterocycles. The molecule has 4 heteroatoms. The van der Waals surface area contributed by atoms with Crippen LogP contribution in [-0.4, -0.2) is 55.5 Å². The van der Waals surface area contributed by atoms with Crippen LogP contribution in [0.2, 0.25) is 0 Å². The Kier molecular flexibility index (Phi) is 7.93. The second kappa shape index (κ2) is 10.8. The van der Waals surface area contributed by atoms with E-state index in [4.69, 9.17) is 11.2 Å². The number of carbonyl (C=O) groups is 1. The van der Waals surface area contributed by atoms with Crippen LogP contribution in [0.5, 0.6) is 5.75 Å². The van der Waals surface area contributed by atoms with Gasteiger partial charge in [0.2, 0.25) is 0 Å². The smallest absolute Gasteiger partial charge is 0.253 e. The van der Waals surface area contributed by atoms with E-state index in [1.165, 1.54) is 18.4 Å². The quantitative estimate of drug-likeness (QED) is 0.621. The van der Waals surface area contributed by atoms with Crippen molar-refractivity contribution in [2.24, 2.45) is 5.92 Å². The van der Waals surface area contributed by atoms with Gasteiger partial charge in [0.25, 0.3) is 5.91 Å². The van der Waals surface area contributed by atoms with Crippen LogP contribution in [0.1, 0.15) is 41.3 Å². The summed E-state index contributed by atoms with van der Waals surface area (Å²) in [6.07, 6.45) is 8.86. The van der Waals surface area contributed by atoms with E-state index in [0.29, 0.717) is 18.0 Å². The highest BCUT2D eigenvalue weighted by atomic mass is 16.5. The van der Waals surface area contributed by atoms with E-state index < -0.39 is 0 Å². The number of terminal acetylenes is 1. The molecule has 0 radical (unpaired) electrons. The molecule has 0 saturated carbocycles. The second-order valence-corrected chi connectivity index (χ2v) is 7.98. The zero-order chi connectivity index (χ0) is 21.3. The number of rotatable bonds is 8. The number of hydrogen-bond donors (Lipinski definition) is 0. The van der Waals surface area contributed by atoms with Crippen LogP contribution in [0.25, 0.3) is 0 Å². The van der Waals surface area contributed by atoms with E-state index in [0.717, 1.165) is 43.9 Å². The molecule has 1 unspecified atom stereocenters. The van der Waals surface area contributed by atoms with Crippen LogP contribution >= 0.6 is 0 Å². The Morgan fingerprint density at radius 3 is 2.87 bits per heavy atom. The Balaban J connectivity index is 1.56. The van der Waals surface area contributed by atoms with Gasteiger partial charge in [-0.05, 0) is 74.5 Å². The fraction of sp³-hybridized carbons (Fsp3) is 0.423. The predicted octanol–water partition coefficient (Wildman–Crippen LogP) is 4.09. The predicted molar refractivity (Wildman–Crippen MR) is 122 cm³/mol. The van der Waals surface area contributed by atoms with Crippen molar-refractivity contribution >= 4 is 5.91 Å². The maximum Gasteiger partial charge on any atom is 0.253 e. The lowest BCUT2D eigenvalue weighted by Crippen LogP contribution is -2.43. The first-order valence-electron chi connectivity index (χ1n) is 10.8. The van der Waals surface area contributed by atoms with Crippen molar-refractivity contribution in [3.8, 4) is 18.1 Å². The molecule has 158 valence electrons. The standard InChI is InChI=1S/C26H32N2O2/c1-4-21-9-6-12-24(17-21)26(29)28(5-2)20-23-11-8-15-27(19-23)16-14-22-10-7-13-25(18-22)30-3/h1,6-7,9-10,12-13,17-18,23H,5,8,11,14-16,19-20H2,2-3H3. The lowest BCUT2D eigenvalue weighted by molar-refractivity contribution is 0.0690. The maximum atomic E-state index is 13.0. The van der Waals surface area contributed by atoms with Crippen molar-refractivity contribution in [1.82, 2.24) is 9.80 Å². The van der Waals surface area contributed by atoms with Gasteiger partial charge in [0, 0.05) is 37.3 Å². The van der Waals surface area contributed by atoms with E-state index in [9.17, 15) is 4.79 Å². The van der Waals surface area contributed by atoms with Crippen molar-refractivity contribution in [3.05, 3.63) is 65.2 Å². The molecule has 30 heavy (non-hydrogen) atoms. The van der Waals surface area contributed by atoms with Crippen LogP contribution < -0.4 is 4.74 Å². The summed E-state index contributed by atoms with van der Waals surface area (Å²) in [6, 6.07) is 15.7. The number of benzene rings is 2. The lowest BCUT2D eigenvalue weighted by atomic mass is 9.96. The minimum absolute atomic E-state index is 0.0723. The second-order valence-electron chi connectivity index (χ2n) is 7.98. The zero-order valence-corrected chi connectivity index (χ0v) is 18.1. The van der Waals surface area contributed by atoms with Gasteiger partial charge in [-0.1, -0.05) is 24.1 Å². The molecule has 1 aliphatic heterocycles. The van der Waals surface area contributed by atoms with E-state index in [1.54, 1.807) is 7.11 Å². The minimum Gasteiger partial charge on any atom is -0.497 e. The summed E-state index contributed by atoms with van der Waals surface area (Å²) >= 11 is 0. The first kappa shape index (κ1) is 21.9. The van der Waals surface area contributed by atoms with Gasteiger partial charge in [-0.25, -0.2) is 0 Å². The molecule has 1 amide bonds. The van der Waals surface area contributed by atoms with Gasteiger partial charge in [-0.3, -0.25) is 4.79 Å². The minimum atomic E-state index is 0.0723. The number of amides is 1. The van der Waals surface area contributed by atoms with Gasteiger partial charge in [-0.2, -0.15) is 0 Å². The molecule has 0 spiro atoms. The molecule has 1 atom stereocenters. The maximum absolute atomic E-state index is 13.0. The summed E-state index contributed by atoms with van der Waals surface area (Å²) in [6.45, 7) is 6.76. The zero-order valence-electron chi connectivity index (χ0n) is 18.1. The summed E-state index contributed by atoms with van der Waals surface area (Å²) in [4.78, 5) is 17.5. The van der Waals surface area contributed by atoms with Crippen molar-refractivity contribution < 1.29 is 9.53 Å². The third-order valence-electron chi connectivity index (χ3n) is 5.88. The fourth-order valence-electron chi connectivity index (χ4n) is 4.21. The number of ether oxygens (including phenoxy) is 1. The molecule has 2 aromatic carbocycles. The fourth-order valence-corrected chi connectivity index (χ4v) is 4.21. The third-order valence-corrected chi connectivity index (χ3v) is 5.88. The first-order chi connectivity index (χ1) is 14.6. The highest BCUT2D eigenvalue weighted by molar-refractivity contribution is 5.94. The Morgan fingerprint density at radius 2 is 2.10 bits per heavy atom. The van der Waals surface area contributed by atoms with Crippen LogP contribution in [0.4, 0.5) is 0 Å².